The maximum absolute atomic E-state index is 12.1. The molecule has 1 N–H and O–H groups in total. The summed E-state index contributed by atoms with van der Waals surface area (Å²) in [6, 6.07) is 0.660. The van der Waals surface area contributed by atoms with Gasteiger partial charge in [-0.25, -0.2) is 4.68 Å². The zero-order valence-corrected chi connectivity index (χ0v) is 10.2. The molecule has 1 rings (SSSR count). The van der Waals surface area contributed by atoms with E-state index in [1.165, 1.54) is 11.8 Å². The number of alkyl halides is 3. The van der Waals surface area contributed by atoms with Crippen LogP contribution >= 0.6 is 0 Å². The topological polar surface area (TPSA) is 62.9 Å². The van der Waals surface area contributed by atoms with Crippen LogP contribution in [0.5, 0.6) is 5.88 Å². The minimum absolute atomic E-state index is 0.272. The van der Waals surface area contributed by atoms with Gasteiger partial charge in [0.15, 0.2) is 0 Å². The molecule has 0 aliphatic heterocycles. The van der Waals surface area contributed by atoms with Crippen LogP contribution in [-0.2, 0) is 7.05 Å². The molecule has 1 aromatic heterocycles. The van der Waals surface area contributed by atoms with Crippen molar-refractivity contribution in [1.82, 2.24) is 15.1 Å². The number of nitrogens with zero attached hydrogens (tertiary/aromatic N) is 3. The number of rotatable bonds is 4. The van der Waals surface area contributed by atoms with Gasteiger partial charge in [-0.1, -0.05) is 0 Å². The summed E-state index contributed by atoms with van der Waals surface area (Å²) in [6.45, 7) is 0.361. The highest BCUT2D eigenvalue weighted by Gasteiger charge is 2.30. The lowest BCUT2D eigenvalue weighted by Gasteiger charge is -2.14. The van der Waals surface area contributed by atoms with E-state index >= 15 is 0 Å². The Hall–Kier alpha value is -1.75. The van der Waals surface area contributed by atoms with Gasteiger partial charge in [-0.05, 0) is 6.92 Å². The van der Waals surface area contributed by atoms with Crippen molar-refractivity contribution >= 4 is 0 Å². The van der Waals surface area contributed by atoms with Crippen LogP contribution in [-0.4, -0.2) is 29.6 Å². The van der Waals surface area contributed by atoms with E-state index in [1.54, 1.807) is 20.0 Å². The van der Waals surface area contributed by atoms with Gasteiger partial charge >= 0.3 is 6.18 Å². The van der Waals surface area contributed by atoms with Gasteiger partial charge < -0.3 is 4.74 Å². The first-order valence-corrected chi connectivity index (χ1v) is 5.07. The van der Waals surface area contributed by atoms with Crippen molar-refractivity contribution < 1.29 is 17.9 Å². The normalized spacial score (nSPS) is 13.2. The number of halogens is 3. The molecule has 0 bridgehead atoms. The highest BCUT2D eigenvalue weighted by atomic mass is 19.4. The van der Waals surface area contributed by atoms with Crippen LogP contribution < -0.4 is 10.1 Å². The van der Waals surface area contributed by atoms with Gasteiger partial charge in [-0.15, -0.1) is 0 Å². The van der Waals surface area contributed by atoms with Crippen LogP contribution in [0.1, 0.15) is 17.3 Å². The molecule has 0 saturated carbocycles. The number of hydrogen-bond acceptors (Lipinski definition) is 4. The molecular weight excluding hydrogens is 249 g/mol. The van der Waals surface area contributed by atoms with Crippen molar-refractivity contribution in [3.8, 4) is 11.9 Å². The lowest BCUT2D eigenvalue weighted by Crippen LogP contribution is -2.31. The van der Waals surface area contributed by atoms with Crippen LogP contribution in [0.3, 0.4) is 0 Å². The van der Waals surface area contributed by atoms with Gasteiger partial charge in [-0.2, -0.15) is 23.5 Å². The monoisotopic (exact) mass is 262 g/mol. The maximum Gasteiger partial charge on any atom is 0.401 e. The van der Waals surface area contributed by atoms with E-state index in [0.29, 0.717) is 11.3 Å². The Morgan fingerprint density at radius 2 is 2.17 bits per heavy atom. The second kappa shape index (κ2) is 5.27. The van der Waals surface area contributed by atoms with Crippen molar-refractivity contribution in [1.29, 1.82) is 5.26 Å². The first-order chi connectivity index (χ1) is 8.30. The Labute approximate surface area is 102 Å². The minimum Gasteiger partial charge on any atom is -0.481 e. The van der Waals surface area contributed by atoms with E-state index in [-0.39, 0.29) is 5.88 Å². The van der Waals surface area contributed by atoms with E-state index in [1.807, 2.05) is 0 Å². The van der Waals surface area contributed by atoms with E-state index in [0.717, 1.165) is 0 Å². The van der Waals surface area contributed by atoms with E-state index in [4.69, 9.17) is 10.00 Å². The molecule has 1 heterocycles. The lowest BCUT2D eigenvalue weighted by molar-refractivity contribution is -0.125. The first-order valence-electron chi connectivity index (χ1n) is 5.07. The highest BCUT2D eigenvalue weighted by Crippen LogP contribution is 2.28. The zero-order chi connectivity index (χ0) is 13.9. The van der Waals surface area contributed by atoms with Crippen LogP contribution in [0.2, 0.25) is 0 Å². The molecule has 0 amide bonds. The molecule has 0 fully saturated rings. The van der Waals surface area contributed by atoms with Crippen LogP contribution in [0.15, 0.2) is 0 Å². The smallest absolute Gasteiger partial charge is 0.401 e. The lowest BCUT2D eigenvalue weighted by atomic mass is 10.1. The van der Waals surface area contributed by atoms with Gasteiger partial charge in [0.2, 0.25) is 5.88 Å². The Morgan fingerprint density at radius 1 is 1.56 bits per heavy atom. The highest BCUT2D eigenvalue weighted by molar-refractivity contribution is 5.37. The number of hydrogen-bond donors (Lipinski definition) is 1. The molecule has 8 heteroatoms. The van der Waals surface area contributed by atoms with Crippen LogP contribution in [0, 0.1) is 18.3 Å². The standard InChI is InChI=1S/C10H13F3N4O/c1-6-8(9(18-3)17(2)16-6)7(4-14)15-5-10(11,12)13/h7,15H,5H2,1-3H3. The Kier molecular flexibility index (Phi) is 4.19. The Balaban J connectivity index is 2.99. The van der Waals surface area contributed by atoms with Crippen LogP contribution in [0.25, 0.3) is 0 Å². The number of aromatic nitrogens is 2. The fraction of sp³-hybridized carbons (Fsp3) is 0.600. The summed E-state index contributed by atoms with van der Waals surface area (Å²) in [4.78, 5) is 0. The first kappa shape index (κ1) is 14.3. The van der Waals surface area contributed by atoms with Gasteiger partial charge in [0.05, 0.1) is 31.0 Å². The number of ether oxygens (including phenoxy) is 1. The third kappa shape index (κ3) is 3.13. The average Bonchev–Trinajstić information content (AvgIpc) is 2.53. The minimum atomic E-state index is -4.38. The van der Waals surface area contributed by atoms with E-state index in [9.17, 15) is 13.2 Å². The average molecular weight is 262 g/mol. The molecule has 0 aromatic carbocycles. The summed E-state index contributed by atoms with van der Waals surface area (Å²) < 4.78 is 42.8. The van der Waals surface area contributed by atoms with Crippen molar-refractivity contribution in [2.24, 2.45) is 7.05 Å². The molecule has 0 radical (unpaired) electrons. The number of aryl methyl sites for hydroxylation is 2. The summed E-state index contributed by atoms with van der Waals surface area (Å²) in [6.07, 6.45) is -4.38. The fourth-order valence-corrected chi connectivity index (χ4v) is 1.66. The quantitative estimate of drug-likeness (QED) is 0.892. The fourth-order valence-electron chi connectivity index (χ4n) is 1.66. The molecule has 5 nitrogen and oxygen atoms in total. The molecule has 18 heavy (non-hydrogen) atoms. The summed E-state index contributed by atoms with van der Waals surface area (Å²) in [7, 11) is 2.96. The molecule has 1 aromatic rings. The summed E-state index contributed by atoms with van der Waals surface area (Å²) in [5, 5.41) is 15.1. The maximum atomic E-state index is 12.1. The Morgan fingerprint density at radius 3 is 2.61 bits per heavy atom. The van der Waals surface area contributed by atoms with Gasteiger partial charge in [0.25, 0.3) is 0 Å². The van der Waals surface area contributed by atoms with Crippen molar-refractivity contribution in [2.75, 3.05) is 13.7 Å². The summed E-state index contributed by atoms with van der Waals surface area (Å²) in [5.41, 5.74) is 0.780. The molecule has 0 aliphatic carbocycles. The molecule has 100 valence electrons. The van der Waals surface area contributed by atoms with Crippen molar-refractivity contribution in [2.45, 2.75) is 19.1 Å². The van der Waals surface area contributed by atoms with Crippen LogP contribution in [0.4, 0.5) is 13.2 Å². The second-order valence-corrected chi connectivity index (χ2v) is 3.69. The molecule has 1 atom stereocenters. The van der Waals surface area contributed by atoms with E-state index in [2.05, 4.69) is 10.4 Å². The summed E-state index contributed by atoms with van der Waals surface area (Å²) in [5.74, 6) is 0.272. The zero-order valence-electron chi connectivity index (χ0n) is 10.2. The number of methoxy groups -OCH3 is 1. The third-order valence-electron chi connectivity index (χ3n) is 2.33. The molecule has 0 spiro atoms. The van der Waals surface area contributed by atoms with Gasteiger partial charge in [-0.3, -0.25) is 5.32 Å². The Bertz CT molecular complexity index is 461. The van der Waals surface area contributed by atoms with Gasteiger partial charge in [0, 0.05) is 7.05 Å². The third-order valence-corrected chi connectivity index (χ3v) is 2.33. The largest absolute Gasteiger partial charge is 0.481 e. The predicted octanol–water partition coefficient (Wildman–Crippen LogP) is 1.45. The molecule has 0 aliphatic rings. The van der Waals surface area contributed by atoms with Crippen molar-refractivity contribution in [3.63, 3.8) is 0 Å². The number of nitriles is 1. The SMILES string of the molecule is COc1c(C(C#N)NCC(F)(F)F)c(C)nn1C. The molecule has 1 unspecified atom stereocenters. The van der Waals surface area contributed by atoms with Crippen molar-refractivity contribution in [3.05, 3.63) is 11.3 Å². The van der Waals surface area contributed by atoms with E-state index < -0.39 is 18.8 Å². The molecule has 0 saturated heterocycles. The predicted molar refractivity (Wildman–Crippen MR) is 56.9 cm³/mol. The number of nitrogens with one attached hydrogen (secondary N) is 1. The summed E-state index contributed by atoms with van der Waals surface area (Å²) >= 11 is 0. The second-order valence-electron chi connectivity index (χ2n) is 3.69. The van der Waals surface area contributed by atoms with Gasteiger partial charge in [0.1, 0.15) is 6.04 Å². The molecular formula is C10H13F3N4O.